The van der Waals surface area contributed by atoms with Crippen molar-refractivity contribution in [3.05, 3.63) is 53.2 Å². The van der Waals surface area contributed by atoms with E-state index >= 15 is 0 Å². The molecule has 0 aliphatic heterocycles. The van der Waals surface area contributed by atoms with Gasteiger partial charge in [-0.2, -0.15) is 0 Å². The molecule has 0 radical (unpaired) electrons. The van der Waals surface area contributed by atoms with Gasteiger partial charge in [0.15, 0.2) is 10.8 Å². The number of imidazole rings is 1. The van der Waals surface area contributed by atoms with E-state index in [4.69, 9.17) is 0 Å². The van der Waals surface area contributed by atoms with Crippen molar-refractivity contribution in [2.75, 3.05) is 0 Å². The van der Waals surface area contributed by atoms with Gasteiger partial charge >= 0.3 is 0 Å². The largest absolute Gasteiger partial charge is 0.332 e. The van der Waals surface area contributed by atoms with Crippen LogP contribution in [-0.4, -0.2) is 15.0 Å². The number of benzene rings is 1. The van der Waals surface area contributed by atoms with Crippen LogP contribution in [0.5, 0.6) is 0 Å². The van der Waals surface area contributed by atoms with Gasteiger partial charge in [0, 0.05) is 11.9 Å². The molecule has 3 nitrogen and oxygen atoms in total. The fourth-order valence-corrected chi connectivity index (χ4v) is 2.93. The van der Waals surface area contributed by atoms with Crippen molar-refractivity contribution >= 4 is 22.9 Å². The van der Waals surface area contributed by atoms with Crippen LogP contribution in [-0.2, 0) is 5.75 Å². The quantitative estimate of drug-likeness (QED) is 0.734. The first-order valence-corrected chi connectivity index (χ1v) is 7.20. The zero-order chi connectivity index (χ0) is 13.2. The van der Waals surface area contributed by atoms with Crippen LogP contribution in [0.1, 0.15) is 16.7 Å². The van der Waals surface area contributed by atoms with Crippen molar-refractivity contribution in [3.63, 3.8) is 0 Å². The molecule has 3 aromatic rings. The molecule has 0 aliphatic rings. The molecular formula is C15H15N3S. The van der Waals surface area contributed by atoms with Gasteiger partial charge in [-0.15, -0.1) is 0 Å². The summed E-state index contributed by atoms with van der Waals surface area (Å²) in [5.41, 5.74) is 5.76. The Morgan fingerprint density at radius 3 is 2.95 bits per heavy atom. The molecule has 0 spiro atoms. The SMILES string of the molecule is Cc1ccc(C)c(CSc2nc3ncccc3[nH]2)c1. The maximum Gasteiger partial charge on any atom is 0.178 e. The fraction of sp³-hybridized carbons (Fsp3) is 0.200. The van der Waals surface area contributed by atoms with Gasteiger partial charge < -0.3 is 4.98 Å². The van der Waals surface area contributed by atoms with Crippen molar-refractivity contribution in [3.8, 4) is 0 Å². The summed E-state index contributed by atoms with van der Waals surface area (Å²) in [5.74, 6) is 0.924. The molecule has 2 aromatic heterocycles. The van der Waals surface area contributed by atoms with E-state index in [0.717, 1.165) is 22.1 Å². The lowest BCUT2D eigenvalue weighted by Crippen LogP contribution is -1.88. The van der Waals surface area contributed by atoms with E-state index in [2.05, 4.69) is 47.0 Å². The molecule has 19 heavy (non-hydrogen) atoms. The van der Waals surface area contributed by atoms with E-state index in [1.807, 2.05) is 12.1 Å². The maximum atomic E-state index is 4.48. The Morgan fingerprint density at radius 2 is 2.11 bits per heavy atom. The topological polar surface area (TPSA) is 41.6 Å². The lowest BCUT2D eigenvalue weighted by molar-refractivity contribution is 1.07. The minimum atomic E-state index is 0.783. The van der Waals surface area contributed by atoms with Gasteiger partial charge in [0.2, 0.25) is 0 Å². The number of hydrogen-bond acceptors (Lipinski definition) is 3. The molecule has 0 aliphatic carbocycles. The summed E-state index contributed by atoms with van der Waals surface area (Å²) < 4.78 is 0. The molecule has 0 unspecified atom stereocenters. The van der Waals surface area contributed by atoms with E-state index in [9.17, 15) is 0 Å². The average molecular weight is 269 g/mol. The van der Waals surface area contributed by atoms with Crippen LogP contribution >= 0.6 is 11.8 Å². The van der Waals surface area contributed by atoms with Crippen molar-refractivity contribution in [1.82, 2.24) is 15.0 Å². The van der Waals surface area contributed by atoms with Crippen molar-refractivity contribution in [2.24, 2.45) is 0 Å². The average Bonchev–Trinajstić information content (AvgIpc) is 2.82. The highest BCUT2D eigenvalue weighted by Gasteiger charge is 2.05. The first-order chi connectivity index (χ1) is 9.22. The fourth-order valence-electron chi connectivity index (χ4n) is 1.99. The van der Waals surface area contributed by atoms with Gasteiger partial charge in [-0.25, -0.2) is 9.97 Å². The van der Waals surface area contributed by atoms with Crippen LogP contribution in [0.25, 0.3) is 11.2 Å². The molecule has 0 atom stereocenters. The van der Waals surface area contributed by atoms with Crippen LogP contribution in [0.2, 0.25) is 0 Å². The number of hydrogen-bond donors (Lipinski definition) is 1. The Kier molecular flexibility index (Phi) is 3.25. The Labute approximate surface area is 116 Å². The lowest BCUT2D eigenvalue weighted by Gasteiger charge is -2.05. The number of nitrogens with one attached hydrogen (secondary N) is 1. The molecule has 2 heterocycles. The Balaban J connectivity index is 1.80. The summed E-state index contributed by atoms with van der Waals surface area (Å²) in [5, 5.41) is 0.926. The van der Waals surface area contributed by atoms with Crippen LogP contribution in [0.3, 0.4) is 0 Å². The number of aromatic nitrogens is 3. The van der Waals surface area contributed by atoms with Gasteiger partial charge in [0.1, 0.15) is 0 Å². The standard InChI is InChI=1S/C15H15N3S/c1-10-5-6-11(2)12(8-10)9-19-15-17-13-4-3-7-16-14(13)18-15/h3-8H,9H2,1-2H3,(H,16,17,18). The van der Waals surface area contributed by atoms with E-state index in [1.165, 1.54) is 16.7 Å². The van der Waals surface area contributed by atoms with Crippen LogP contribution < -0.4 is 0 Å². The van der Waals surface area contributed by atoms with Crippen LogP contribution in [0.4, 0.5) is 0 Å². The summed E-state index contributed by atoms with van der Waals surface area (Å²) in [7, 11) is 0. The first-order valence-electron chi connectivity index (χ1n) is 6.22. The van der Waals surface area contributed by atoms with Gasteiger partial charge in [0.05, 0.1) is 5.52 Å². The van der Waals surface area contributed by atoms with Gasteiger partial charge in [-0.3, -0.25) is 0 Å². The molecule has 0 saturated carbocycles. The molecule has 96 valence electrons. The predicted octanol–water partition coefficient (Wildman–Crippen LogP) is 3.87. The van der Waals surface area contributed by atoms with E-state index in [1.54, 1.807) is 18.0 Å². The summed E-state index contributed by atoms with van der Waals surface area (Å²) in [6.07, 6.45) is 1.77. The normalized spacial score (nSPS) is 11.1. The molecule has 4 heteroatoms. The summed E-state index contributed by atoms with van der Waals surface area (Å²) in [6, 6.07) is 10.5. The van der Waals surface area contributed by atoms with Crippen LogP contribution in [0.15, 0.2) is 41.7 Å². The third kappa shape index (κ3) is 2.63. The second-order valence-corrected chi connectivity index (χ2v) is 5.60. The number of nitrogens with zero attached hydrogens (tertiary/aromatic N) is 2. The minimum Gasteiger partial charge on any atom is -0.332 e. The van der Waals surface area contributed by atoms with E-state index in [-0.39, 0.29) is 0 Å². The number of thioether (sulfide) groups is 1. The predicted molar refractivity (Wildman–Crippen MR) is 79.4 cm³/mol. The molecule has 0 saturated heterocycles. The monoisotopic (exact) mass is 269 g/mol. The van der Waals surface area contributed by atoms with Gasteiger partial charge in [-0.05, 0) is 37.1 Å². The number of aryl methyl sites for hydroxylation is 2. The van der Waals surface area contributed by atoms with Crippen molar-refractivity contribution in [2.45, 2.75) is 24.8 Å². The second-order valence-electron chi connectivity index (χ2n) is 4.64. The summed E-state index contributed by atoms with van der Waals surface area (Å²) in [4.78, 5) is 12.0. The molecule has 1 N–H and O–H groups in total. The number of H-pyrrole nitrogens is 1. The number of fused-ring (bicyclic) bond motifs is 1. The molecule has 0 amide bonds. The minimum absolute atomic E-state index is 0.783. The highest BCUT2D eigenvalue weighted by Crippen LogP contribution is 2.24. The molecule has 0 fully saturated rings. The smallest absolute Gasteiger partial charge is 0.178 e. The van der Waals surface area contributed by atoms with Gasteiger partial charge in [-0.1, -0.05) is 35.5 Å². The van der Waals surface area contributed by atoms with Gasteiger partial charge in [0.25, 0.3) is 0 Å². The Hall–Kier alpha value is -1.81. The number of aromatic amines is 1. The van der Waals surface area contributed by atoms with Crippen molar-refractivity contribution in [1.29, 1.82) is 0 Å². The molecular weight excluding hydrogens is 254 g/mol. The number of rotatable bonds is 3. The molecule has 3 rings (SSSR count). The number of pyridine rings is 1. The Morgan fingerprint density at radius 1 is 1.21 bits per heavy atom. The molecule has 0 bridgehead atoms. The highest BCUT2D eigenvalue weighted by atomic mass is 32.2. The van der Waals surface area contributed by atoms with E-state index < -0.39 is 0 Å². The maximum absolute atomic E-state index is 4.48. The van der Waals surface area contributed by atoms with E-state index in [0.29, 0.717) is 0 Å². The molecule has 1 aromatic carbocycles. The van der Waals surface area contributed by atoms with Crippen molar-refractivity contribution < 1.29 is 0 Å². The first kappa shape index (κ1) is 12.2. The zero-order valence-corrected chi connectivity index (χ0v) is 11.8. The zero-order valence-electron chi connectivity index (χ0n) is 11.0. The summed E-state index contributed by atoms with van der Waals surface area (Å²) in [6.45, 7) is 4.27. The third-order valence-electron chi connectivity index (χ3n) is 3.10. The van der Waals surface area contributed by atoms with Crippen LogP contribution in [0, 0.1) is 13.8 Å². The third-order valence-corrected chi connectivity index (χ3v) is 4.03. The second kappa shape index (κ2) is 5.05. The Bertz CT molecular complexity index is 685. The highest BCUT2D eigenvalue weighted by molar-refractivity contribution is 7.98. The summed E-state index contributed by atoms with van der Waals surface area (Å²) >= 11 is 1.72. The lowest BCUT2D eigenvalue weighted by atomic mass is 10.1.